The van der Waals surface area contributed by atoms with Crippen LogP contribution in [0.3, 0.4) is 0 Å². The standard InChI is InChI=1S/C32H30FN3O3S/c1-3-5-9-21-16-27-29(17-26(21)22-15-24(19-34-18-22)40(33,38)39)36(23-10-7-6-8-11-23)32-30(31(27)37)25-13-12-20(4-2)14-28(25)35-32/h2,12-19,23,35H,3,5-11H2,1H3. The molecule has 0 atom stereocenters. The molecular formula is C32H30FN3O3S. The lowest BCUT2D eigenvalue weighted by molar-refractivity contribution is 0.365. The van der Waals surface area contributed by atoms with Gasteiger partial charge in [-0.15, -0.1) is 10.3 Å². The Balaban J connectivity index is 1.73. The van der Waals surface area contributed by atoms with Crippen LogP contribution in [0.4, 0.5) is 3.89 Å². The van der Waals surface area contributed by atoms with Crippen molar-refractivity contribution in [2.45, 2.75) is 69.2 Å². The predicted molar refractivity (Wildman–Crippen MR) is 158 cm³/mol. The molecule has 204 valence electrons. The summed E-state index contributed by atoms with van der Waals surface area (Å²) in [5, 5.41) is 2.12. The van der Waals surface area contributed by atoms with Crippen LogP contribution in [-0.2, 0) is 16.6 Å². The number of hydrogen-bond donors (Lipinski definition) is 1. The van der Waals surface area contributed by atoms with Gasteiger partial charge < -0.3 is 9.55 Å². The molecule has 3 aromatic heterocycles. The van der Waals surface area contributed by atoms with E-state index in [-0.39, 0.29) is 11.5 Å². The van der Waals surface area contributed by atoms with Crippen LogP contribution in [0.1, 0.15) is 69.0 Å². The number of benzene rings is 2. The lowest BCUT2D eigenvalue weighted by Gasteiger charge is -2.28. The highest BCUT2D eigenvalue weighted by atomic mass is 32.3. The van der Waals surface area contributed by atoms with E-state index in [0.29, 0.717) is 22.8 Å². The molecule has 1 N–H and O–H groups in total. The van der Waals surface area contributed by atoms with Gasteiger partial charge in [-0.3, -0.25) is 9.78 Å². The van der Waals surface area contributed by atoms with E-state index in [4.69, 9.17) is 6.42 Å². The highest BCUT2D eigenvalue weighted by molar-refractivity contribution is 7.86. The average molecular weight is 556 g/mol. The number of rotatable bonds is 6. The molecule has 3 heterocycles. The minimum Gasteiger partial charge on any atom is -0.340 e. The summed E-state index contributed by atoms with van der Waals surface area (Å²) in [6.45, 7) is 2.09. The molecule has 0 amide bonds. The Kier molecular flexibility index (Phi) is 6.71. The van der Waals surface area contributed by atoms with Crippen molar-refractivity contribution >= 4 is 43.1 Å². The van der Waals surface area contributed by atoms with Crippen LogP contribution < -0.4 is 5.43 Å². The molecule has 0 aliphatic heterocycles. The predicted octanol–water partition coefficient (Wildman–Crippen LogP) is 7.19. The number of halogens is 1. The fourth-order valence-corrected chi connectivity index (χ4v) is 6.67. The Morgan fingerprint density at radius 1 is 1.10 bits per heavy atom. The number of H-pyrrole nitrogens is 1. The van der Waals surface area contributed by atoms with E-state index in [9.17, 15) is 17.1 Å². The summed E-state index contributed by atoms with van der Waals surface area (Å²) in [5.74, 6) is 2.68. The van der Waals surface area contributed by atoms with Gasteiger partial charge in [-0.25, -0.2) is 0 Å². The molecule has 6 nitrogen and oxygen atoms in total. The number of terminal acetylenes is 1. The third kappa shape index (κ3) is 4.48. The van der Waals surface area contributed by atoms with Crippen LogP contribution in [0.2, 0.25) is 0 Å². The Morgan fingerprint density at radius 3 is 2.62 bits per heavy atom. The summed E-state index contributed by atoms with van der Waals surface area (Å²) in [7, 11) is -4.92. The van der Waals surface area contributed by atoms with Crippen molar-refractivity contribution in [1.29, 1.82) is 0 Å². The second-order valence-electron chi connectivity index (χ2n) is 10.7. The maximum atomic E-state index is 14.2. The minimum atomic E-state index is -4.92. The first-order chi connectivity index (χ1) is 19.3. The number of aromatic nitrogens is 3. The maximum Gasteiger partial charge on any atom is 0.333 e. The van der Waals surface area contributed by atoms with Gasteiger partial charge in [-0.2, -0.15) is 8.42 Å². The molecular weight excluding hydrogens is 525 g/mol. The highest BCUT2D eigenvalue weighted by Gasteiger charge is 2.25. The first kappa shape index (κ1) is 26.3. The number of unbranched alkanes of at least 4 members (excludes halogenated alkanes) is 1. The average Bonchev–Trinajstić information content (AvgIpc) is 3.34. The van der Waals surface area contributed by atoms with E-state index in [1.165, 1.54) is 12.5 Å². The van der Waals surface area contributed by atoms with E-state index in [2.05, 4.69) is 27.4 Å². The molecule has 0 spiro atoms. The number of nitrogens with one attached hydrogen (secondary N) is 1. The largest absolute Gasteiger partial charge is 0.340 e. The molecule has 8 heteroatoms. The second kappa shape index (κ2) is 10.2. The van der Waals surface area contributed by atoms with Gasteiger partial charge in [0.2, 0.25) is 0 Å². The van der Waals surface area contributed by atoms with Crippen molar-refractivity contribution in [3.8, 4) is 23.5 Å². The molecule has 0 bridgehead atoms. The zero-order valence-corrected chi connectivity index (χ0v) is 23.2. The van der Waals surface area contributed by atoms with E-state index in [1.54, 1.807) is 6.20 Å². The van der Waals surface area contributed by atoms with E-state index >= 15 is 0 Å². The summed E-state index contributed by atoms with van der Waals surface area (Å²) in [4.78, 5) is 21.3. The van der Waals surface area contributed by atoms with Crippen LogP contribution >= 0.6 is 0 Å². The summed E-state index contributed by atoms with van der Waals surface area (Å²) >= 11 is 0. The fourth-order valence-electron chi connectivity index (χ4n) is 6.21. The molecule has 40 heavy (non-hydrogen) atoms. The molecule has 0 saturated heterocycles. The molecule has 1 aliphatic rings. The zero-order chi connectivity index (χ0) is 28.0. The van der Waals surface area contributed by atoms with Gasteiger partial charge in [0.1, 0.15) is 10.5 Å². The molecule has 1 fully saturated rings. The van der Waals surface area contributed by atoms with Gasteiger partial charge in [-0.05, 0) is 67.1 Å². The zero-order valence-electron chi connectivity index (χ0n) is 22.3. The maximum absolute atomic E-state index is 14.2. The first-order valence-electron chi connectivity index (χ1n) is 13.8. The van der Waals surface area contributed by atoms with Crippen LogP contribution in [0.5, 0.6) is 0 Å². The number of hydrogen-bond acceptors (Lipinski definition) is 4. The molecule has 0 unspecified atom stereocenters. The number of fused-ring (bicyclic) bond motifs is 4. The Labute approximate surface area is 232 Å². The topological polar surface area (TPSA) is 84.8 Å². The van der Waals surface area contributed by atoms with Crippen LogP contribution in [-0.4, -0.2) is 23.0 Å². The highest BCUT2D eigenvalue weighted by Crippen LogP contribution is 2.38. The second-order valence-corrected chi connectivity index (χ2v) is 12.1. The monoisotopic (exact) mass is 555 g/mol. The quantitative estimate of drug-likeness (QED) is 0.178. The number of nitrogens with zero attached hydrogens (tertiary/aromatic N) is 2. The number of aromatic amines is 1. The molecule has 2 aromatic carbocycles. The van der Waals surface area contributed by atoms with Crippen molar-refractivity contribution in [2.24, 2.45) is 0 Å². The fraction of sp³-hybridized carbons (Fsp3) is 0.312. The van der Waals surface area contributed by atoms with Crippen molar-refractivity contribution in [3.63, 3.8) is 0 Å². The SMILES string of the molecule is C#Cc1ccc2c(c1)[nH]c1c2c(=O)c2cc(CCCC)c(-c3cncc(S(=O)(=O)F)c3)cc2n1C1CCCCC1. The lowest BCUT2D eigenvalue weighted by atomic mass is 9.92. The van der Waals surface area contributed by atoms with Gasteiger partial charge in [0.05, 0.1) is 10.9 Å². The summed E-state index contributed by atoms with van der Waals surface area (Å²) in [5.41, 5.74) is 5.21. The first-order valence-corrected chi connectivity index (χ1v) is 15.2. The summed E-state index contributed by atoms with van der Waals surface area (Å²) in [6.07, 6.45) is 16.1. The Bertz CT molecular complexity index is 1990. The lowest BCUT2D eigenvalue weighted by Crippen LogP contribution is -2.18. The van der Waals surface area contributed by atoms with Crippen molar-refractivity contribution < 1.29 is 12.3 Å². The van der Waals surface area contributed by atoms with Crippen LogP contribution in [0.25, 0.3) is 44.0 Å². The smallest absolute Gasteiger partial charge is 0.333 e. The van der Waals surface area contributed by atoms with Crippen LogP contribution in [0.15, 0.2) is 58.5 Å². The van der Waals surface area contributed by atoms with E-state index in [0.717, 1.165) is 83.5 Å². The Hall–Kier alpha value is -3.96. The third-order valence-electron chi connectivity index (χ3n) is 8.18. The Morgan fingerprint density at radius 2 is 1.90 bits per heavy atom. The summed E-state index contributed by atoms with van der Waals surface area (Å²) in [6, 6.07) is 11.1. The van der Waals surface area contributed by atoms with E-state index < -0.39 is 15.1 Å². The third-order valence-corrected chi connectivity index (χ3v) is 8.97. The summed E-state index contributed by atoms with van der Waals surface area (Å²) < 4.78 is 39.6. The van der Waals surface area contributed by atoms with Gasteiger partial charge >= 0.3 is 10.2 Å². The number of aryl methyl sites for hydroxylation is 1. The van der Waals surface area contributed by atoms with Crippen LogP contribution in [0, 0.1) is 12.3 Å². The van der Waals surface area contributed by atoms with Crippen molar-refractivity contribution in [2.75, 3.05) is 0 Å². The molecule has 0 radical (unpaired) electrons. The van der Waals surface area contributed by atoms with Gasteiger partial charge in [-0.1, -0.05) is 44.6 Å². The molecule has 1 aliphatic carbocycles. The minimum absolute atomic E-state index is 0.0562. The van der Waals surface area contributed by atoms with Gasteiger partial charge in [0.25, 0.3) is 0 Å². The molecule has 1 saturated carbocycles. The molecule has 6 rings (SSSR count). The number of pyridine rings is 2. The van der Waals surface area contributed by atoms with Gasteiger partial charge in [0, 0.05) is 45.9 Å². The molecule has 5 aromatic rings. The normalized spacial score (nSPS) is 14.7. The van der Waals surface area contributed by atoms with Gasteiger partial charge in [0.15, 0.2) is 5.43 Å². The van der Waals surface area contributed by atoms with E-state index in [1.807, 2.05) is 30.3 Å². The van der Waals surface area contributed by atoms with Crippen molar-refractivity contribution in [3.05, 3.63) is 70.1 Å². The van der Waals surface area contributed by atoms with Crippen molar-refractivity contribution in [1.82, 2.24) is 14.5 Å².